The molecule has 1 fully saturated rings. The summed E-state index contributed by atoms with van der Waals surface area (Å²) in [5, 5.41) is 0. The maximum absolute atomic E-state index is 13.6. The Labute approximate surface area is 149 Å². The van der Waals surface area contributed by atoms with Gasteiger partial charge in [0.05, 0.1) is 0 Å². The SMILES string of the molecule is CN(C(=O)COC(=O)C=Cc1cc(Br)ccc1F)C1CCCCC1. The summed E-state index contributed by atoms with van der Waals surface area (Å²) < 4.78 is 19.2. The number of carbonyl (C=O) groups is 2. The molecule has 1 aliphatic carbocycles. The molecule has 0 saturated heterocycles. The van der Waals surface area contributed by atoms with Gasteiger partial charge in [-0.2, -0.15) is 0 Å². The van der Waals surface area contributed by atoms with Crippen molar-refractivity contribution in [3.05, 3.63) is 40.1 Å². The Kier molecular flexibility index (Phi) is 6.97. The van der Waals surface area contributed by atoms with Gasteiger partial charge in [-0.3, -0.25) is 4.79 Å². The molecule has 0 atom stereocenters. The van der Waals surface area contributed by atoms with E-state index in [4.69, 9.17) is 4.74 Å². The van der Waals surface area contributed by atoms with Gasteiger partial charge in [0.25, 0.3) is 5.91 Å². The molecule has 0 heterocycles. The predicted molar refractivity (Wildman–Crippen MR) is 93.7 cm³/mol. The van der Waals surface area contributed by atoms with Crippen molar-refractivity contribution >= 4 is 33.9 Å². The summed E-state index contributed by atoms with van der Waals surface area (Å²) in [6.07, 6.45) is 7.92. The van der Waals surface area contributed by atoms with Crippen LogP contribution in [0.25, 0.3) is 6.08 Å². The molecular formula is C18H21BrFNO3. The minimum absolute atomic E-state index is 0.211. The molecule has 1 saturated carbocycles. The number of carbonyl (C=O) groups excluding carboxylic acids is 2. The zero-order valence-electron chi connectivity index (χ0n) is 13.6. The Balaban J connectivity index is 1.82. The minimum atomic E-state index is -0.667. The third kappa shape index (κ3) is 5.44. The molecule has 0 spiro atoms. The van der Waals surface area contributed by atoms with E-state index in [1.165, 1.54) is 18.6 Å². The largest absolute Gasteiger partial charge is 0.452 e. The van der Waals surface area contributed by atoms with Crippen LogP contribution in [0.5, 0.6) is 0 Å². The molecule has 1 aromatic rings. The van der Waals surface area contributed by atoms with E-state index in [1.54, 1.807) is 24.1 Å². The van der Waals surface area contributed by atoms with Crippen molar-refractivity contribution in [3.8, 4) is 0 Å². The summed E-state index contributed by atoms with van der Waals surface area (Å²) >= 11 is 3.24. The average Bonchev–Trinajstić information content (AvgIpc) is 2.60. The molecule has 0 aliphatic heterocycles. The van der Waals surface area contributed by atoms with E-state index >= 15 is 0 Å². The second-order valence-corrected chi connectivity index (χ2v) is 6.82. The summed E-state index contributed by atoms with van der Waals surface area (Å²) in [5.41, 5.74) is 0.270. The lowest BCUT2D eigenvalue weighted by molar-refractivity contribution is -0.148. The first-order valence-electron chi connectivity index (χ1n) is 8.03. The van der Waals surface area contributed by atoms with Crippen LogP contribution in [-0.4, -0.2) is 36.5 Å². The average molecular weight is 398 g/mol. The lowest BCUT2D eigenvalue weighted by Gasteiger charge is -2.31. The van der Waals surface area contributed by atoms with Crippen molar-refractivity contribution in [1.82, 2.24) is 4.90 Å². The van der Waals surface area contributed by atoms with Crippen LogP contribution in [0.15, 0.2) is 28.7 Å². The number of halogens is 2. The summed E-state index contributed by atoms with van der Waals surface area (Å²) in [7, 11) is 1.75. The molecule has 2 rings (SSSR count). The van der Waals surface area contributed by atoms with E-state index in [9.17, 15) is 14.0 Å². The van der Waals surface area contributed by atoms with Gasteiger partial charge in [0.2, 0.25) is 0 Å². The van der Waals surface area contributed by atoms with E-state index in [2.05, 4.69) is 15.9 Å². The van der Waals surface area contributed by atoms with Gasteiger partial charge < -0.3 is 9.64 Å². The van der Waals surface area contributed by atoms with Crippen molar-refractivity contribution < 1.29 is 18.7 Å². The highest BCUT2D eigenvalue weighted by molar-refractivity contribution is 9.10. The van der Waals surface area contributed by atoms with Crippen molar-refractivity contribution in [3.63, 3.8) is 0 Å². The highest BCUT2D eigenvalue weighted by atomic mass is 79.9. The molecule has 6 heteroatoms. The zero-order chi connectivity index (χ0) is 17.5. The highest BCUT2D eigenvalue weighted by Crippen LogP contribution is 2.21. The first kappa shape index (κ1) is 18.6. The number of ether oxygens (including phenoxy) is 1. The van der Waals surface area contributed by atoms with Crippen LogP contribution in [0.1, 0.15) is 37.7 Å². The van der Waals surface area contributed by atoms with Gasteiger partial charge in [-0.25, -0.2) is 9.18 Å². The Bertz CT molecular complexity index is 627. The van der Waals surface area contributed by atoms with Crippen LogP contribution in [0.4, 0.5) is 4.39 Å². The van der Waals surface area contributed by atoms with Crippen molar-refractivity contribution in [2.24, 2.45) is 0 Å². The number of nitrogens with zero attached hydrogens (tertiary/aromatic N) is 1. The third-order valence-corrected chi connectivity index (χ3v) is 4.70. The van der Waals surface area contributed by atoms with E-state index in [1.807, 2.05) is 0 Å². The Morgan fingerprint density at radius 2 is 2.04 bits per heavy atom. The molecule has 1 amide bonds. The standard InChI is InChI=1S/C18H21BrFNO3/c1-21(15-5-3-2-4-6-15)17(22)12-24-18(23)10-7-13-11-14(19)8-9-16(13)20/h7-11,15H,2-6,12H2,1H3. The van der Waals surface area contributed by atoms with Gasteiger partial charge in [-0.15, -0.1) is 0 Å². The van der Waals surface area contributed by atoms with Crippen LogP contribution in [0.3, 0.4) is 0 Å². The molecule has 0 aromatic heterocycles. The van der Waals surface area contributed by atoms with Gasteiger partial charge >= 0.3 is 5.97 Å². The van der Waals surface area contributed by atoms with Gasteiger partial charge in [-0.1, -0.05) is 35.2 Å². The number of hydrogen-bond acceptors (Lipinski definition) is 3. The van der Waals surface area contributed by atoms with Crippen molar-refractivity contribution in [2.75, 3.05) is 13.7 Å². The molecule has 0 bridgehead atoms. The maximum Gasteiger partial charge on any atom is 0.331 e. The normalized spacial score (nSPS) is 15.5. The topological polar surface area (TPSA) is 46.6 Å². The quantitative estimate of drug-likeness (QED) is 0.558. The molecule has 0 radical (unpaired) electrons. The van der Waals surface area contributed by atoms with Crippen LogP contribution in [0.2, 0.25) is 0 Å². The van der Waals surface area contributed by atoms with Crippen LogP contribution in [-0.2, 0) is 14.3 Å². The summed E-state index contributed by atoms with van der Waals surface area (Å²) in [5.74, 6) is -1.31. The first-order valence-corrected chi connectivity index (χ1v) is 8.82. The number of hydrogen-bond donors (Lipinski definition) is 0. The lowest BCUT2D eigenvalue weighted by atomic mass is 9.94. The number of likely N-dealkylation sites (N-methyl/N-ethyl adjacent to an activating group) is 1. The van der Waals surface area contributed by atoms with Crippen LogP contribution >= 0.6 is 15.9 Å². The van der Waals surface area contributed by atoms with Crippen LogP contribution < -0.4 is 0 Å². The predicted octanol–water partition coefficient (Wildman–Crippen LogP) is 3.94. The Morgan fingerprint density at radius 1 is 1.33 bits per heavy atom. The molecule has 0 N–H and O–H groups in total. The van der Waals surface area contributed by atoms with E-state index < -0.39 is 11.8 Å². The second-order valence-electron chi connectivity index (χ2n) is 5.90. The fourth-order valence-corrected chi connectivity index (χ4v) is 3.13. The molecular weight excluding hydrogens is 377 g/mol. The summed E-state index contributed by atoms with van der Waals surface area (Å²) in [6, 6.07) is 4.67. The zero-order valence-corrected chi connectivity index (χ0v) is 15.2. The smallest absolute Gasteiger partial charge is 0.331 e. The molecule has 1 aromatic carbocycles. The molecule has 4 nitrogen and oxygen atoms in total. The molecule has 24 heavy (non-hydrogen) atoms. The number of amides is 1. The molecule has 0 unspecified atom stereocenters. The number of benzene rings is 1. The Hall–Kier alpha value is -1.69. The first-order chi connectivity index (χ1) is 11.5. The molecule has 130 valence electrons. The Morgan fingerprint density at radius 3 is 2.75 bits per heavy atom. The van der Waals surface area contributed by atoms with Crippen molar-refractivity contribution in [2.45, 2.75) is 38.1 Å². The van der Waals surface area contributed by atoms with E-state index in [0.29, 0.717) is 4.47 Å². The van der Waals surface area contributed by atoms with Crippen molar-refractivity contribution in [1.29, 1.82) is 0 Å². The van der Waals surface area contributed by atoms with Gasteiger partial charge in [0.15, 0.2) is 6.61 Å². The number of rotatable bonds is 5. The lowest BCUT2D eigenvalue weighted by Crippen LogP contribution is -2.40. The summed E-state index contributed by atoms with van der Waals surface area (Å²) in [6.45, 7) is -0.295. The van der Waals surface area contributed by atoms with Crippen LogP contribution in [0, 0.1) is 5.82 Å². The maximum atomic E-state index is 13.6. The van der Waals surface area contributed by atoms with E-state index in [0.717, 1.165) is 31.8 Å². The minimum Gasteiger partial charge on any atom is -0.452 e. The van der Waals surface area contributed by atoms with E-state index in [-0.39, 0.29) is 24.1 Å². The monoisotopic (exact) mass is 397 g/mol. The summed E-state index contributed by atoms with van der Waals surface area (Å²) in [4.78, 5) is 25.5. The fraction of sp³-hybridized carbons (Fsp3) is 0.444. The van der Waals surface area contributed by atoms with Gasteiger partial charge in [0.1, 0.15) is 5.82 Å². The van der Waals surface area contributed by atoms with Gasteiger partial charge in [-0.05, 0) is 37.1 Å². The second kappa shape index (κ2) is 8.97. The van der Waals surface area contributed by atoms with Gasteiger partial charge in [0, 0.05) is 29.2 Å². The fourth-order valence-electron chi connectivity index (χ4n) is 2.75. The highest BCUT2D eigenvalue weighted by Gasteiger charge is 2.22. The third-order valence-electron chi connectivity index (χ3n) is 4.21. The molecule has 1 aliphatic rings. The number of esters is 1.